The first-order chi connectivity index (χ1) is 15.4. The molecule has 1 unspecified atom stereocenters. The van der Waals surface area contributed by atoms with Gasteiger partial charge in [0.05, 0.1) is 31.4 Å². The number of hydrogen-bond acceptors (Lipinski definition) is 6. The number of nitrogens with zero attached hydrogens (tertiary/aromatic N) is 4. The zero-order valence-electron chi connectivity index (χ0n) is 18.0. The molecule has 8 heteroatoms. The Morgan fingerprint density at radius 1 is 1.19 bits per heavy atom. The number of aliphatic hydroxyl groups excluding tert-OH is 1. The minimum atomic E-state index is -0.999. The third-order valence-corrected chi connectivity index (χ3v) is 5.27. The van der Waals surface area contributed by atoms with Crippen LogP contribution in [0, 0.1) is 24.6 Å². The summed E-state index contributed by atoms with van der Waals surface area (Å²) in [5.41, 5.74) is 2.19. The first kappa shape index (κ1) is 21.4. The zero-order valence-corrected chi connectivity index (χ0v) is 18.0. The lowest BCUT2D eigenvalue weighted by Gasteiger charge is -2.33. The van der Waals surface area contributed by atoms with Gasteiger partial charge in [0.25, 0.3) is 0 Å². The van der Waals surface area contributed by atoms with Crippen LogP contribution in [0.25, 0.3) is 5.69 Å². The van der Waals surface area contributed by atoms with Crippen molar-refractivity contribution >= 4 is 5.84 Å². The number of β-amino-alcohol motifs (C(OH)–C–C–N with tert-alkyl or cyclic N) is 1. The Kier molecular flexibility index (Phi) is 5.84. The van der Waals surface area contributed by atoms with Crippen molar-refractivity contribution in [2.45, 2.75) is 19.6 Å². The van der Waals surface area contributed by atoms with E-state index in [0.717, 1.165) is 16.9 Å². The molecule has 0 amide bonds. The maximum Gasteiger partial charge on any atom is 0.235 e. The van der Waals surface area contributed by atoms with E-state index in [1.807, 2.05) is 35.9 Å². The lowest BCUT2D eigenvalue weighted by molar-refractivity contribution is -0.0932. The van der Waals surface area contributed by atoms with Crippen LogP contribution in [0.2, 0.25) is 0 Å². The number of oxime groups is 1. The van der Waals surface area contributed by atoms with Gasteiger partial charge in [-0.25, -0.2) is 9.37 Å². The Bertz CT molecular complexity index is 1210. The van der Waals surface area contributed by atoms with E-state index in [-0.39, 0.29) is 19.0 Å². The van der Waals surface area contributed by atoms with E-state index in [2.05, 4.69) is 22.0 Å². The molecule has 0 saturated heterocycles. The summed E-state index contributed by atoms with van der Waals surface area (Å²) < 4.78 is 20.8. The number of aliphatic hydroxyl groups is 1. The maximum absolute atomic E-state index is 13.4. The van der Waals surface area contributed by atoms with Crippen LogP contribution in [-0.2, 0) is 10.6 Å². The molecular weight excluding hydrogens is 411 g/mol. The summed E-state index contributed by atoms with van der Waals surface area (Å²) in [5, 5.41) is 13.7. The van der Waals surface area contributed by atoms with Crippen molar-refractivity contribution in [2.24, 2.45) is 5.16 Å². The normalized spacial score (nSPS) is 17.4. The number of amidine groups is 1. The van der Waals surface area contributed by atoms with Gasteiger partial charge >= 0.3 is 0 Å². The highest BCUT2D eigenvalue weighted by molar-refractivity contribution is 5.99. The Morgan fingerprint density at radius 2 is 1.97 bits per heavy atom. The molecular formula is C24H23FN4O3. The molecule has 32 heavy (non-hydrogen) atoms. The first-order valence-corrected chi connectivity index (χ1v) is 10.1. The van der Waals surface area contributed by atoms with Crippen LogP contribution >= 0.6 is 0 Å². The number of halogens is 1. The van der Waals surface area contributed by atoms with Crippen LogP contribution in [0.4, 0.5) is 4.39 Å². The number of rotatable bonds is 5. The van der Waals surface area contributed by atoms with E-state index in [1.54, 1.807) is 37.4 Å². The minimum Gasteiger partial charge on any atom is -0.495 e. The van der Waals surface area contributed by atoms with E-state index in [4.69, 9.17) is 9.57 Å². The molecule has 3 aromatic rings. The molecule has 1 atom stereocenters. The van der Waals surface area contributed by atoms with Gasteiger partial charge in [-0.2, -0.15) is 0 Å². The molecule has 0 spiro atoms. The Morgan fingerprint density at radius 3 is 2.62 bits per heavy atom. The summed E-state index contributed by atoms with van der Waals surface area (Å²) >= 11 is 0. The summed E-state index contributed by atoms with van der Waals surface area (Å²) in [5.74, 6) is 6.80. The SMILES string of the molecule is COc1cc(C#CC2=NOC(C)(c3ccc(F)cc3)N2CCO)ccc1-n1cnc(C)c1. The Balaban J connectivity index is 1.62. The Hall–Kier alpha value is -3.83. The number of imidazole rings is 1. The monoisotopic (exact) mass is 434 g/mol. The Labute approximate surface area is 185 Å². The quantitative estimate of drug-likeness (QED) is 0.625. The van der Waals surface area contributed by atoms with Gasteiger partial charge in [0.1, 0.15) is 11.6 Å². The third kappa shape index (κ3) is 4.03. The van der Waals surface area contributed by atoms with Crippen molar-refractivity contribution in [2.75, 3.05) is 20.3 Å². The number of benzene rings is 2. The van der Waals surface area contributed by atoms with Crippen LogP contribution in [-0.4, -0.2) is 45.7 Å². The van der Waals surface area contributed by atoms with Crippen LogP contribution < -0.4 is 4.74 Å². The third-order valence-electron chi connectivity index (χ3n) is 5.27. The van der Waals surface area contributed by atoms with Gasteiger partial charge in [0.2, 0.25) is 11.6 Å². The van der Waals surface area contributed by atoms with Crippen LogP contribution in [0.15, 0.2) is 60.1 Å². The minimum absolute atomic E-state index is 0.117. The largest absolute Gasteiger partial charge is 0.495 e. The number of ether oxygens (including phenoxy) is 1. The van der Waals surface area contributed by atoms with Gasteiger partial charge < -0.3 is 24.1 Å². The topological polar surface area (TPSA) is 72.1 Å². The highest BCUT2D eigenvalue weighted by Crippen LogP contribution is 2.34. The molecule has 1 aliphatic rings. The fourth-order valence-corrected chi connectivity index (χ4v) is 3.56. The van der Waals surface area contributed by atoms with E-state index < -0.39 is 5.72 Å². The first-order valence-electron chi connectivity index (χ1n) is 10.1. The van der Waals surface area contributed by atoms with E-state index in [0.29, 0.717) is 17.1 Å². The van der Waals surface area contributed by atoms with Gasteiger partial charge in [-0.05, 0) is 43.2 Å². The van der Waals surface area contributed by atoms with Crippen LogP contribution in [0.1, 0.15) is 23.7 Å². The summed E-state index contributed by atoms with van der Waals surface area (Å²) in [6.45, 7) is 3.86. The fourth-order valence-electron chi connectivity index (χ4n) is 3.56. The van der Waals surface area contributed by atoms with Gasteiger partial charge in [0, 0.05) is 30.8 Å². The second kappa shape index (κ2) is 8.73. The predicted molar refractivity (Wildman–Crippen MR) is 118 cm³/mol. The van der Waals surface area contributed by atoms with Gasteiger partial charge in [-0.15, -0.1) is 0 Å². The van der Waals surface area contributed by atoms with Crippen molar-refractivity contribution < 1.29 is 19.1 Å². The molecule has 4 rings (SSSR count). The smallest absolute Gasteiger partial charge is 0.235 e. The molecule has 0 fully saturated rings. The molecule has 0 radical (unpaired) electrons. The average Bonchev–Trinajstić information content (AvgIpc) is 3.37. The summed E-state index contributed by atoms with van der Waals surface area (Å²) in [6, 6.07) is 11.6. The predicted octanol–water partition coefficient (Wildman–Crippen LogP) is 3.19. The average molecular weight is 434 g/mol. The molecule has 0 bridgehead atoms. The van der Waals surface area contributed by atoms with Gasteiger partial charge in [-0.1, -0.05) is 23.2 Å². The molecule has 0 aliphatic carbocycles. The second-order valence-electron chi connectivity index (χ2n) is 7.43. The molecule has 2 heterocycles. The molecule has 2 aromatic carbocycles. The second-order valence-corrected chi connectivity index (χ2v) is 7.43. The highest BCUT2D eigenvalue weighted by atomic mass is 19.1. The molecule has 7 nitrogen and oxygen atoms in total. The van der Waals surface area contributed by atoms with E-state index >= 15 is 0 Å². The molecule has 164 valence electrons. The van der Waals surface area contributed by atoms with Crippen LogP contribution in [0.5, 0.6) is 5.75 Å². The molecule has 1 aromatic heterocycles. The zero-order chi connectivity index (χ0) is 22.7. The lowest BCUT2D eigenvalue weighted by atomic mass is 10.0. The van der Waals surface area contributed by atoms with Gasteiger partial charge in [-0.3, -0.25) is 0 Å². The van der Waals surface area contributed by atoms with Crippen molar-refractivity contribution in [3.8, 4) is 23.3 Å². The van der Waals surface area contributed by atoms with Crippen molar-refractivity contribution in [1.82, 2.24) is 14.5 Å². The van der Waals surface area contributed by atoms with Crippen molar-refractivity contribution in [3.63, 3.8) is 0 Å². The standard InChI is InChI=1S/C24H23FN4O3/c1-17-15-28(16-26-17)21-10-4-18(14-22(21)31-3)5-11-23-27-32-24(2,29(23)12-13-30)19-6-8-20(25)9-7-19/h4,6-10,14-16,30H,12-13H2,1-3H3. The number of hydrogen-bond donors (Lipinski definition) is 1. The fraction of sp³-hybridized carbons (Fsp3) is 0.250. The number of aryl methyl sites for hydroxylation is 1. The van der Waals surface area contributed by atoms with Crippen molar-refractivity contribution in [3.05, 3.63) is 77.6 Å². The number of aromatic nitrogens is 2. The van der Waals surface area contributed by atoms with E-state index in [1.165, 1.54) is 12.1 Å². The van der Waals surface area contributed by atoms with Crippen LogP contribution in [0.3, 0.4) is 0 Å². The lowest BCUT2D eigenvalue weighted by Crippen LogP contribution is -2.45. The maximum atomic E-state index is 13.4. The summed E-state index contributed by atoms with van der Waals surface area (Å²) in [6.07, 6.45) is 3.64. The van der Waals surface area contributed by atoms with E-state index in [9.17, 15) is 9.50 Å². The summed E-state index contributed by atoms with van der Waals surface area (Å²) in [7, 11) is 1.60. The van der Waals surface area contributed by atoms with Gasteiger partial charge in [0.15, 0.2) is 0 Å². The molecule has 0 saturated carbocycles. The molecule has 1 aliphatic heterocycles. The highest BCUT2D eigenvalue weighted by Gasteiger charge is 2.42. The molecule has 1 N–H and O–H groups in total. The summed E-state index contributed by atoms with van der Waals surface area (Å²) in [4.78, 5) is 11.7. The number of methoxy groups -OCH3 is 1. The van der Waals surface area contributed by atoms with Crippen molar-refractivity contribution in [1.29, 1.82) is 0 Å².